The molecular weight excluding hydrogens is 270 g/mol. The number of benzene rings is 3. The summed E-state index contributed by atoms with van der Waals surface area (Å²) in [6, 6.07) is 19.0. The summed E-state index contributed by atoms with van der Waals surface area (Å²) in [6.45, 7) is 0. The van der Waals surface area contributed by atoms with Crippen molar-refractivity contribution in [2.24, 2.45) is 0 Å². The summed E-state index contributed by atoms with van der Waals surface area (Å²) in [7, 11) is -1.44. The van der Waals surface area contributed by atoms with Crippen LogP contribution in [0.5, 0.6) is 0 Å². The summed E-state index contributed by atoms with van der Waals surface area (Å²) in [6.07, 6.45) is 0. The van der Waals surface area contributed by atoms with Crippen LogP contribution >= 0.6 is 11.6 Å². The van der Waals surface area contributed by atoms with E-state index in [4.69, 9.17) is 21.6 Å². The summed E-state index contributed by atoms with van der Waals surface area (Å²) in [5.74, 6) is 0. The van der Waals surface area contributed by atoms with Crippen LogP contribution in [-0.2, 0) is 0 Å². The Bertz CT molecular complexity index is 754. The van der Waals surface area contributed by atoms with Crippen molar-refractivity contribution in [1.29, 1.82) is 0 Å². The van der Waals surface area contributed by atoms with E-state index < -0.39 is 7.12 Å². The van der Waals surface area contributed by atoms with Crippen molar-refractivity contribution in [2.75, 3.05) is 0 Å². The molecule has 0 radical (unpaired) electrons. The number of hydrogen-bond donors (Lipinski definition) is 2. The second kappa shape index (κ2) is 5.29. The van der Waals surface area contributed by atoms with E-state index in [9.17, 15) is 0 Å². The number of fused-ring (bicyclic) bond motifs is 1. The van der Waals surface area contributed by atoms with Gasteiger partial charge in [-0.3, -0.25) is 0 Å². The van der Waals surface area contributed by atoms with Crippen LogP contribution in [0.2, 0.25) is 5.02 Å². The molecule has 0 unspecified atom stereocenters. The topological polar surface area (TPSA) is 40.5 Å². The molecule has 0 amide bonds. The maximum absolute atomic E-state index is 9.13. The maximum Gasteiger partial charge on any atom is 0.488 e. The molecule has 4 heteroatoms. The van der Waals surface area contributed by atoms with Gasteiger partial charge in [0.2, 0.25) is 0 Å². The Labute approximate surface area is 122 Å². The van der Waals surface area contributed by atoms with Gasteiger partial charge in [0.05, 0.1) is 0 Å². The zero-order valence-electron chi connectivity index (χ0n) is 10.6. The highest BCUT2D eigenvalue weighted by atomic mass is 35.5. The number of rotatable bonds is 2. The van der Waals surface area contributed by atoms with Crippen LogP contribution < -0.4 is 5.46 Å². The van der Waals surface area contributed by atoms with Gasteiger partial charge in [-0.05, 0) is 28.0 Å². The third-order valence-electron chi connectivity index (χ3n) is 3.39. The lowest BCUT2D eigenvalue weighted by Crippen LogP contribution is -2.29. The highest BCUT2D eigenvalue weighted by molar-refractivity contribution is 6.58. The van der Waals surface area contributed by atoms with E-state index >= 15 is 0 Å². The van der Waals surface area contributed by atoms with Gasteiger partial charge < -0.3 is 10.0 Å². The fraction of sp³-hybridized carbons (Fsp3) is 0. The molecule has 0 spiro atoms. The highest BCUT2D eigenvalue weighted by Gasteiger charge is 2.11. The van der Waals surface area contributed by atoms with Crippen LogP contribution in [0.4, 0.5) is 0 Å². The SMILES string of the molecule is OB(O)c1ccc(-c2ccc(Cl)c3ccccc23)cc1. The lowest BCUT2D eigenvalue weighted by molar-refractivity contribution is 0.426. The maximum atomic E-state index is 9.13. The molecule has 20 heavy (non-hydrogen) atoms. The third-order valence-corrected chi connectivity index (χ3v) is 3.72. The van der Waals surface area contributed by atoms with E-state index in [1.807, 2.05) is 48.5 Å². The fourth-order valence-corrected chi connectivity index (χ4v) is 2.58. The van der Waals surface area contributed by atoms with Gasteiger partial charge in [0.25, 0.3) is 0 Å². The zero-order chi connectivity index (χ0) is 14.1. The van der Waals surface area contributed by atoms with Gasteiger partial charge in [-0.1, -0.05) is 66.2 Å². The highest BCUT2D eigenvalue weighted by Crippen LogP contribution is 2.32. The molecular formula is C16H12BClO2. The average molecular weight is 283 g/mol. The first-order valence-electron chi connectivity index (χ1n) is 6.30. The standard InChI is InChI=1S/C16H12BClO2/c18-16-10-9-13(14-3-1-2-4-15(14)16)11-5-7-12(8-6-11)17(19)20/h1-10,19-20H. The predicted octanol–water partition coefficient (Wildman–Crippen LogP) is 2.84. The van der Waals surface area contributed by atoms with Crippen molar-refractivity contribution in [2.45, 2.75) is 0 Å². The quantitative estimate of drug-likeness (QED) is 0.710. The van der Waals surface area contributed by atoms with Crippen LogP contribution in [0.1, 0.15) is 0 Å². The van der Waals surface area contributed by atoms with Gasteiger partial charge in [0.15, 0.2) is 0 Å². The van der Waals surface area contributed by atoms with Crippen molar-refractivity contribution in [3.63, 3.8) is 0 Å². The average Bonchev–Trinajstić information content (AvgIpc) is 2.48. The molecule has 2 nitrogen and oxygen atoms in total. The molecule has 0 aromatic heterocycles. The smallest absolute Gasteiger partial charge is 0.423 e. The van der Waals surface area contributed by atoms with E-state index in [0.717, 1.165) is 26.9 Å². The molecule has 0 saturated carbocycles. The summed E-state index contributed by atoms with van der Waals surface area (Å²) >= 11 is 6.22. The van der Waals surface area contributed by atoms with Crippen LogP contribution in [0.15, 0.2) is 60.7 Å². The monoisotopic (exact) mass is 282 g/mol. The minimum atomic E-state index is -1.44. The molecule has 0 saturated heterocycles. The number of hydrogen-bond acceptors (Lipinski definition) is 2. The normalized spacial score (nSPS) is 10.8. The van der Waals surface area contributed by atoms with E-state index in [-0.39, 0.29) is 0 Å². The van der Waals surface area contributed by atoms with E-state index in [1.165, 1.54) is 0 Å². The third kappa shape index (κ3) is 2.31. The molecule has 0 atom stereocenters. The Balaban J connectivity index is 2.17. The van der Waals surface area contributed by atoms with Gasteiger partial charge in [0, 0.05) is 10.4 Å². The van der Waals surface area contributed by atoms with Gasteiger partial charge in [-0.2, -0.15) is 0 Å². The molecule has 0 aliphatic carbocycles. The molecule has 0 aliphatic heterocycles. The van der Waals surface area contributed by atoms with Crippen molar-refractivity contribution in [3.8, 4) is 11.1 Å². The van der Waals surface area contributed by atoms with Gasteiger partial charge >= 0.3 is 7.12 Å². The largest absolute Gasteiger partial charge is 0.488 e. The second-order valence-corrected chi connectivity index (χ2v) is 5.04. The molecule has 3 aromatic rings. The van der Waals surface area contributed by atoms with E-state index in [2.05, 4.69) is 0 Å². The molecule has 0 heterocycles. The van der Waals surface area contributed by atoms with E-state index in [1.54, 1.807) is 12.1 Å². The Morgan fingerprint density at radius 2 is 1.40 bits per heavy atom. The molecule has 0 bridgehead atoms. The van der Waals surface area contributed by atoms with Crippen LogP contribution in [0, 0.1) is 0 Å². The predicted molar refractivity (Wildman–Crippen MR) is 84.2 cm³/mol. The van der Waals surface area contributed by atoms with E-state index in [0.29, 0.717) is 5.46 Å². The number of halogens is 1. The van der Waals surface area contributed by atoms with Crippen molar-refractivity contribution in [1.82, 2.24) is 0 Å². The molecule has 98 valence electrons. The lowest BCUT2D eigenvalue weighted by Gasteiger charge is -2.09. The summed E-state index contributed by atoms with van der Waals surface area (Å²) in [5.41, 5.74) is 2.57. The van der Waals surface area contributed by atoms with Gasteiger partial charge in [-0.25, -0.2) is 0 Å². The minimum absolute atomic E-state index is 0.479. The van der Waals surface area contributed by atoms with Crippen molar-refractivity contribution in [3.05, 3.63) is 65.7 Å². The van der Waals surface area contributed by atoms with Crippen molar-refractivity contribution < 1.29 is 10.0 Å². The molecule has 3 aromatic carbocycles. The Hall–Kier alpha value is -1.81. The Morgan fingerprint density at radius 1 is 0.750 bits per heavy atom. The zero-order valence-corrected chi connectivity index (χ0v) is 11.4. The van der Waals surface area contributed by atoms with Crippen LogP contribution in [0.3, 0.4) is 0 Å². The lowest BCUT2D eigenvalue weighted by atomic mass is 9.79. The summed E-state index contributed by atoms with van der Waals surface area (Å²) < 4.78 is 0. The molecule has 0 fully saturated rings. The molecule has 2 N–H and O–H groups in total. The first-order chi connectivity index (χ1) is 9.66. The Kier molecular flexibility index (Phi) is 3.49. The summed E-state index contributed by atoms with van der Waals surface area (Å²) in [4.78, 5) is 0. The molecule has 0 aliphatic rings. The first kappa shape index (κ1) is 13.2. The second-order valence-electron chi connectivity index (χ2n) is 4.64. The van der Waals surface area contributed by atoms with Crippen LogP contribution in [-0.4, -0.2) is 17.2 Å². The minimum Gasteiger partial charge on any atom is -0.423 e. The van der Waals surface area contributed by atoms with Gasteiger partial charge in [-0.15, -0.1) is 0 Å². The molecule has 3 rings (SSSR count). The van der Waals surface area contributed by atoms with Gasteiger partial charge in [0.1, 0.15) is 0 Å². The fourth-order valence-electron chi connectivity index (χ4n) is 2.35. The van der Waals surface area contributed by atoms with Crippen LogP contribution in [0.25, 0.3) is 21.9 Å². The first-order valence-corrected chi connectivity index (χ1v) is 6.68. The Morgan fingerprint density at radius 3 is 2.05 bits per heavy atom. The van der Waals surface area contributed by atoms with Crippen molar-refractivity contribution >= 4 is 35.0 Å². The summed E-state index contributed by atoms with van der Waals surface area (Å²) in [5, 5.41) is 21.1.